The molecule has 0 bridgehead atoms. The van der Waals surface area contributed by atoms with Crippen LogP contribution in [0.3, 0.4) is 0 Å². The van der Waals surface area contributed by atoms with Crippen LogP contribution >= 0.6 is 11.8 Å². The molecule has 0 aromatic heterocycles. The van der Waals surface area contributed by atoms with E-state index in [4.69, 9.17) is 4.74 Å². The number of nitrogens with one attached hydrogen (secondary N) is 1. The molecule has 1 rings (SSSR count). The summed E-state index contributed by atoms with van der Waals surface area (Å²) in [5.41, 5.74) is -0.401. The SMILES string of the molecule is CCCNC1(C(=O)OCC)CCCC1CCSC. The van der Waals surface area contributed by atoms with E-state index < -0.39 is 5.54 Å². The van der Waals surface area contributed by atoms with Crippen molar-refractivity contribution in [3.8, 4) is 0 Å². The van der Waals surface area contributed by atoms with Gasteiger partial charge in [0.05, 0.1) is 6.61 Å². The van der Waals surface area contributed by atoms with Gasteiger partial charge in [-0.25, -0.2) is 0 Å². The van der Waals surface area contributed by atoms with Gasteiger partial charge in [0, 0.05) is 0 Å². The van der Waals surface area contributed by atoms with Gasteiger partial charge in [0.25, 0.3) is 0 Å². The fourth-order valence-corrected chi connectivity index (χ4v) is 3.43. The fraction of sp³-hybridized carbons (Fsp3) is 0.929. The summed E-state index contributed by atoms with van der Waals surface area (Å²) in [5, 5.41) is 3.50. The number of esters is 1. The van der Waals surface area contributed by atoms with E-state index in [-0.39, 0.29) is 5.97 Å². The standard InChI is InChI=1S/C14H27NO2S/c1-4-10-15-14(13(16)17-5-2)9-6-7-12(14)8-11-18-3/h12,15H,4-11H2,1-3H3. The van der Waals surface area contributed by atoms with Crippen LogP contribution in [0.2, 0.25) is 0 Å². The molecule has 106 valence electrons. The maximum absolute atomic E-state index is 12.4. The highest BCUT2D eigenvalue weighted by Crippen LogP contribution is 2.39. The third-order valence-corrected chi connectivity index (χ3v) is 4.47. The quantitative estimate of drug-likeness (QED) is 0.690. The van der Waals surface area contributed by atoms with Gasteiger partial charge in [-0.2, -0.15) is 11.8 Å². The zero-order valence-corrected chi connectivity index (χ0v) is 12.8. The smallest absolute Gasteiger partial charge is 0.326 e. The molecule has 1 aliphatic rings. The topological polar surface area (TPSA) is 38.3 Å². The first-order valence-electron chi connectivity index (χ1n) is 7.12. The number of carbonyl (C=O) groups is 1. The summed E-state index contributed by atoms with van der Waals surface area (Å²) in [6, 6.07) is 0. The van der Waals surface area contributed by atoms with E-state index in [9.17, 15) is 4.79 Å². The largest absolute Gasteiger partial charge is 0.465 e. The van der Waals surface area contributed by atoms with Crippen molar-refractivity contribution in [3.05, 3.63) is 0 Å². The second-order valence-corrected chi connectivity index (χ2v) is 5.97. The molecular formula is C14H27NO2S. The minimum Gasteiger partial charge on any atom is -0.465 e. The minimum absolute atomic E-state index is 0.0259. The monoisotopic (exact) mass is 273 g/mol. The van der Waals surface area contributed by atoms with Crippen molar-refractivity contribution in [2.75, 3.05) is 25.2 Å². The van der Waals surface area contributed by atoms with E-state index in [1.54, 1.807) is 0 Å². The molecular weight excluding hydrogens is 246 g/mol. The lowest BCUT2D eigenvalue weighted by atomic mass is 9.84. The highest BCUT2D eigenvalue weighted by Gasteiger charge is 2.49. The summed E-state index contributed by atoms with van der Waals surface area (Å²) >= 11 is 1.86. The van der Waals surface area contributed by atoms with Crippen LogP contribution < -0.4 is 5.32 Å². The third kappa shape index (κ3) is 3.64. The van der Waals surface area contributed by atoms with E-state index in [2.05, 4.69) is 18.5 Å². The Morgan fingerprint density at radius 3 is 2.89 bits per heavy atom. The number of ether oxygens (including phenoxy) is 1. The average Bonchev–Trinajstić information content (AvgIpc) is 2.78. The molecule has 2 unspecified atom stereocenters. The second kappa shape index (κ2) is 8.05. The highest BCUT2D eigenvalue weighted by atomic mass is 32.2. The normalized spacial score (nSPS) is 27.4. The Balaban J connectivity index is 2.76. The molecule has 4 heteroatoms. The zero-order chi connectivity index (χ0) is 13.4. The average molecular weight is 273 g/mol. The van der Waals surface area contributed by atoms with Gasteiger partial charge in [-0.3, -0.25) is 4.79 Å². The van der Waals surface area contributed by atoms with Gasteiger partial charge in [0.15, 0.2) is 0 Å². The maximum atomic E-state index is 12.4. The number of carbonyl (C=O) groups excluding carboxylic acids is 1. The molecule has 1 fully saturated rings. The molecule has 0 amide bonds. The Morgan fingerprint density at radius 2 is 2.28 bits per heavy atom. The molecule has 0 spiro atoms. The summed E-state index contributed by atoms with van der Waals surface area (Å²) < 4.78 is 5.33. The Kier molecular flexibility index (Phi) is 7.08. The van der Waals surface area contributed by atoms with Crippen LogP contribution in [0.15, 0.2) is 0 Å². The van der Waals surface area contributed by atoms with Gasteiger partial charge in [-0.1, -0.05) is 13.3 Å². The summed E-state index contributed by atoms with van der Waals surface area (Å²) in [7, 11) is 0. The summed E-state index contributed by atoms with van der Waals surface area (Å²) in [5.74, 6) is 1.54. The molecule has 1 saturated carbocycles. The van der Waals surface area contributed by atoms with E-state index in [0.29, 0.717) is 12.5 Å². The third-order valence-electron chi connectivity index (χ3n) is 3.82. The lowest BCUT2D eigenvalue weighted by molar-refractivity contribution is -0.153. The lowest BCUT2D eigenvalue weighted by Gasteiger charge is -2.34. The minimum atomic E-state index is -0.401. The van der Waals surface area contributed by atoms with Gasteiger partial charge < -0.3 is 10.1 Å². The summed E-state index contributed by atoms with van der Waals surface area (Å²) in [4.78, 5) is 12.4. The van der Waals surface area contributed by atoms with E-state index in [0.717, 1.165) is 44.4 Å². The van der Waals surface area contributed by atoms with Crippen LogP contribution in [0.1, 0.15) is 46.0 Å². The first-order valence-corrected chi connectivity index (χ1v) is 8.51. The molecule has 0 aromatic rings. The van der Waals surface area contributed by atoms with Crippen molar-refractivity contribution >= 4 is 17.7 Å². The van der Waals surface area contributed by atoms with Gasteiger partial charge in [-0.05, 0) is 57.1 Å². The van der Waals surface area contributed by atoms with Gasteiger partial charge >= 0.3 is 5.97 Å². The van der Waals surface area contributed by atoms with Crippen molar-refractivity contribution in [1.29, 1.82) is 0 Å². The Bertz CT molecular complexity index is 260. The van der Waals surface area contributed by atoms with Crippen LogP contribution in [0.4, 0.5) is 0 Å². The fourth-order valence-electron chi connectivity index (χ4n) is 2.91. The Hall–Kier alpha value is -0.220. The molecule has 18 heavy (non-hydrogen) atoms. The first kappa shape index (κ1) is 15.8. The van der Waals surface area contributed by atoms with Crippen LogP contribution in [0.5, 0.6) is 0 Å². The molecule has 3 nitrogen and oxygen atoms in total. The number of hydrogen-bond donors (Lipinski definition) is 1. The lowest BCUT2D eigenvalue weighted by Crippen LogP contribution is -2.56. The van der Waals surface area contributed by atoms with Crippen molar-refractivity contribution in [1.82, 2.24) is 5.32 Å². The van der Waals surface area contributed by atoms with Crippen molar-refractivity contribution in [2.45, 2.75) is 51.5 Å². The second-order valence-electron chi connectivity index (χ2n) is 4.99. The van der Waals surface area contributed by atoms with E-state index >= 15 is 0 Å². The number of hydrogen-bond acceptors (Lipinski definition) is 4. The number of thioether (sulfide) groups is 1. The molecule has 1 aliphatic carbocycles. The van der Waals surface area contributed by atoms with Gasteiger partial charge in [0.2, 0.25) is 0 Å². The van der Waals surface area contributed by atoms with Crippen LogP contribution in [-0.4, -0.2) is 36.7 Å². The molecule has 2 atom stereocenters. The number of rotatable bonds is 8. The summed E-state index contributed by atoms with van der Waals surface area (Å²) in [6.45, 7) is 5.40. The Labute approximate surface area is 115 Å². The van der Waals surface area contributed by atoms with Crippen LogP contribution in [0.25, 0.3) is 0 Å². The predicted molar refractivity (Wildman–Crippen MR) is 78.0 cm³/mol. The van der Waals surface area contributed by atoms with E-state index in [1.165, 1.54) is 0 Å². The molecule has 0 saturated heterocycles. The molecule has 0 heterocycles. The molecule has 1 N–H and O–H groups in total. The first-order chi connectivity index (χ1) is 8.71. The molecule has 0 radical (unpaired) electrons. The van der Waals surface area contributed by atoms with Crippen LogP contribution in [-0.2, 0) is 9.53 Å². The molecule has 0 aliphatic heterocycles. The van der Waals surface area contributed by atoms with Crippen molar-refractivity contribution < 1.29 is 9.53 Å². The maximum Gasteiger partial charge on any atom is 0.326 e. The van der Waals surface area contributed by atoms with Gasteiger partial charge in [-0.15, -0.1) is 0 Å². The van der Waals surface area contributed by atoms with Crippen molar-refractivity contribution in [2.24, 2.45) is 5.92 Å². The summed E-state index contributed by atoms with van der Waals surface area (Å²) in [6.07, 6.45) is 7.50. The zero-order valence-electron chi connectivity index (χ0n) is 12.0. The van der Waals surface area contributed by atoms with E-state index in [1.807, 2.05) is 18.7 Å². The van der Waals surface area contributed by atoms with Gasteiger partial charge in [0.1, 0.15) is 5.54 Å². The van der Waals surface area contributed by atoms with Crippen LogP contribution in [0, 0.1) is 5.92 Å². The highest BCUT2D eigenvalue weighted by molar-refractivity contribution is 7.98. The van der Waals surface area contributed by atoms with Crippen molar-refractivity contribution in [3.63, 3.8) is 0 Å². The Morgan fingerprint density at radius 1 is 1.50 bits per heavy atom. The molecule has 0 aromatic carbocycles. The predicted octanol–water partition coefficient (Wildman–Crippen LogP) is 2.84.